The van der Waals surface area contributed by atoms with Gasteiger partial charge in [0.25, 0.3) is 0 Å². The van der Waals surface area contributed by atoms with E-state index in [9.17, 15) is 0 Å². The summed E-state index contributed by atoms with van der Waals surface area (Å²) < 4.78 is 5.85. The summed E-state index contributed by atoms with van der Waals surface area (Å²) in [5.74, 6) is 0. The van der Waals surface area contributed by atoms with E-state index in [2.05, 4.69) is 43.3 Å². The molecule has 0 saturated heterocycles. The fourth-order valence-corrected chi connectivity index (χ4v) is 1.97. The van der Waals surface area contributed by atoms with Crippen LogP contribution in [0.2, 0.25) is 0 Å². The van der Waals surface area contributed by atoms with Crippen molar-refractivity contribution in [3.05, 3.63) is 71.3 Å². The highest BCUT2D eigenvalue weighted by atomic mass is 35.5. The maximum atomic E-state index is 6.23. The van der Waals surface area contributed by atoms with Crippen LogP contribution in [-0.2, 0) is 11.3 Å². The number of ether oxygens (including phenoxy) is 1. The molecule has 0 amide bonds. The molecule has 2 N–H and O–H groups in total. The van der Waals surface area contributed by atoms with E-state index in [-0.39, 0.29) is 24.6 Å². The summed E-state index contributed by atoms with van der Waals surface area (Å²) in [6.45, 7) is 4.69. The molecule has 0 aliphatic rings. The number of aryl methyl sites for hydroxylation is 1. The van der Waals surface area contributed by atoms with Crippen molar-refractivity contribution in [3.8, 4) is 0 Å². The maximum Gasteiger partial charge on any atom is 0.0744 e. The van der Waals surface area contributed by atoms with E-state index >= 15 is 0 Å². The van der Waals surface area contributed by atoms with E-state index in [1.165, 1.54) is 11.1 Å². The minimum atomic E-state index is -0.0932. The predicted molar refractivity (Wildman–Crippen MR) is 86.0 cm³/mol. The summed E-state index contributed by atoms with van der Waals surface area (Å²) >= 11 is 0. The number of benzene rings is 2. The molecule has 2 nitrogen and oxygen atoms in total. The lowest BCUT2D eigenvalue weighted by molar-refractivity contribution is 0.0357. The van der Waals surface area contributed by atoms with E-state index in [0.29, 0.717) is 6.61 Å². The molecule has 0 aliphatic carbocycles. The van der Waals surface area contributed by atoms with E-state index in [0.717, 1.165) is 5.56 Å². The van der Waals surface area contributed by atoms with Crippen LogP contribution in [0.4, 0.5) is 0 Å². The predicted octanol–water partition coefficient (Wildman–Crippen LogP) is 4.02. The molecule has 2 aromatic carbocycles. The Bertz CT molecular complexity index is 498. The van der Waals surface area contributed by atoms with Crippen LogP contribution in [0.15, 0.2) is 54.6 Å². The van der Waals surface area contributed by atoms with Gasteiger partial charge in [-0.25, -0.2) is 0 Å². The second-order valence-electron chi connectivity index (χ2n) is 4.94. The largest absolute Gasteiger partial charge is 0.372 e. The Morgan fingerprint density at radius 2 is 1.60 bits per heavy atom. The Labute approximate surface area is 127 Å². The lowest BCUT2D eigenvalue weighted by Crippen LogP contribution is -2.26. The monoisotopic (exact) mass is 291 g/mol. The fraction of sp³-hybridized carbons (Fsp3) is 0.294. The Hall–Kier alpha value is -1.35. The highest BCUT2D eigenvalue weighted by Crippen LogP contribution is 2.18. The zero-order chi connectivity index (χ0) is 13.7. The molecule has 0 bridgehead atoms. The molecular formula is C17H22ClNO. The number of rotatable bonds is 5. The van der Waals surface area contributed by atoms with Crippen molar-refractivity contribution in [2.45, 2.75) is 32.6 Å². The molecule has 0 aromatic heterocycles. The molecule has 0 saturated carbocycles. The van der Waals surface area contributed by atoms with Crippen LogP contribution in [0.25, 0.3) is 0 Å². The molecule has 0 aliphatic heterocycles. The summed E-state index contributed by atoms with van der Waals surface area (Å²) in [5, 5.41) is 0. The molecule has 20 heavy (non-hydrogen) atoms. The van der Waals surface area contributed by atoms with E-state index in [1.807, 2.05) is 25.1 Å². The molecule has 2 aromatic rings. The standard InChI is InChI=1S/C17H21NO.ClH/c1-13-8-10-16(11-9-13)17(18)14(2)19-12-15-6-4-3-5-7-15;/h3-11,14,17H,12,18H2,1-2H3;1H/t14-,17-;/m0./s1. The zero-order valence-corrected chi connectivity index (χ0v) is 12.8. The van der Waals surface area contributed by atoms with Crippen LogP contribution in [0, 0.1) is 6.92 Å². The van der Waals surface area contributed by atoms with Gasteiger partial charge >= 0.3 is 0 Å². The van der Waals surface area contributed by atoms with Crippen LogP contribution in [0.5, 0.6) is 0 Å². The number of halogens is 1. The second-order valence-corrected chi connectivity index (χ2v) is 4.94. The van der Waals surface area contributed by atoms with Crippen molar-refractivity contribution in [1.82, 2.24) is 0 Å². The summed E-state index contributed by atoms with van der Waals surface area (Å²) in [4.78, 5) is 0. The van der Waals surface area contributed by atoms with Gasteiger partial charge in [0.2, 0.25) is 0 Å². The van der Waals surface area contributed by atoms with Crippen molar-refractivity contribution in [3.63, 3.8) is 0 Å². The molecule has 2 atom stereocenters. The lowest BCUT2D eigenvalue weighted by Gasteiger charge is -2.21. The molecule has 108 valence electrons. The molecule has 0 spiro atoms. The van der Waals surface area contributed by atoms with Gasteiger partial charge in [0.05, 0.1) is 18.8 Å². The van der Waals surface area contributed by atoms with Gasteiger partial charge in [-0.05, 0) is 25.0 Å². The topological polar surface area (TPSA) is 35.2 Å². The normalized spacial score (nSPS) is 13.3. The average molecular weight is 292 g/mol. The lowest BCUT2D eigenvalue weighted by atomic mass is 10.0. The van der Waals surface area contributed by atoms with Gasteiger partial charge in [-0.15, -0.1) is 12.4 Å². The Morgan fingerprint density at radius 3 is 2.20 bits per heavy atom. The van der Waals surface area contributed by atoms with Crippen molar-refractivity contribution in [2.75, 3.05) is 0 Å². The smallest absolute Gasteiger partial charge is 0.0744 e. The second kappa shape index (κ2) is 8.05. The van der Waals surface area contributed by atoms with Crippen molar-refractivity contribution >= 4 is 12.4 Å². The molecule has 2 rings (SSSR count). The van der Waals surface area contributed by atoms with Gasteiger partial charge in [-0.1, -0.05) is 60.2 Å². The average Bonchev–Trinajstić information content (AvgIpc) is 2.46. The zero-order valence-electron chi connectivity index (χ0n) is 12.0. The van der Waals surface area contributed by atoms with E-state index in [1.54, 1.807) is 0 Å². The summed E-state index contributed by atoms with van der Waals surface area (Å²) in [6, 6.07) is 18.4. The first-order valence-electron chi connectivity index (χ1n) is 6.64. The maximum absolute atomic E-state index is 6.23. The highest BCUT2D eigenvalue weighted by Gasteiger charge is 2.15. The van der Waals surface area contributed by atoms with Gasteiger partial charge in [-0.3, -0.25) is 0 Å². The van der Waals surface area contributed by atoms with Gasteiger partial charge in [-0.2, -0.15) is 0 Å². The molecule has 0 heterocycles. The third kappa shape index (κ3) is 4.64. The molecule has 0 radical (unpaired) electrons. The van der Waals surface area contributed by atoms with Crippen LogP contribution in [-0.4, -0.2) is 6.10 Å². The van der Waals surface area contributed by atoms with Gasteiger partial charge in [0, 0.05) is 0 Å². The molecule has 3 heteroatoms. The van der Waals surface area contributed by atoms with Crippen LogP contribution in [0.1, 0.15) is 29.7 Å². The first kappa shape index (κ1) is 16.7. The summed E-state index contributed by atoms with van der Waals surface area (Å²) in [7, 11) is 0. The third-order valence-electron chi connectivity index (χ3n) is 3.32. The van der Waals surface area contributed by atoms with Crippen LogP contribution < -0.4 is 5.73 Å². The third-order valence-corrected chi connectivity index (χ3v) is 3.32. The van der Waals surface area contributed by atoms with Gasteiger partial charge in [0.15, 0.2) is 0 Å². The summed E-state index contributed by atoms with van der Waals surface area (Å²) in [6.07, 6.45) is -0.0112. The Balaban J connectivity index is 0.00000200. The minimum Gasteiger partial charge on any atom is -0.372 e. The number of nitrogens with two attached hydrogens (primary N) is 1. The van der Waals surface area contributed by atoms with Gasteiger partial charge in [0.1, 0.15) is 0 Å². The molecular weight excluding hydrogens is 270 g/mol. The van der Waals surface area contributed by atoms with Crippen molar-refractivity contribution in [2.24, 2.45) is 5.73 Å². The quantitative estimate of drug-likeness (QED) is 0.903. The first-order chi connectivity index (χ1) is 9.16. The number of hydrogen-bond acceptors (Lipinski definition) is 2. The minimum absolute atomic E-state index is 0. The fourth-order valence-electron chi connectivity index (χ4n) is 1.97. The van der Waals surface area contributed by atoms with E-state index in [4.69, 9.17) is 10.5 Å². The van der Waals surface area contributed by atoms with Crippen LogP contribution >= 0.6 is 12.4 Å². The van der Waals surface area contributed by atoms with Crippen molar-refractivity contribution < 1.29 is 4.74 Å². The Kier molecular flexibility index (Phi) is 6.73. The van der Waals surface area contributed by atoms with E-state index < -0.39 is 0 Å². The summed E-state index contributed by atoms with van der Waals surface area (Å²) in [5.41, 5.74) is 9.76. The Morgan fingerprint density at radius 1 is 1.00 bits per heavy atom. The van der Waals surface area contributed by atoms with Gasteiger partial charge < -0.3 is 10.5 Å². The van der Waals surface area contributed by atoms with Crippen molar-refractivity contribution in [1.29, 1.82) is 0 Å². The molecule has 0 fully saturated rings. The first-order valence-corrected chi connectivity index (χ1v) is 6.64. The van der Waals surface area contributed by atoms with Crippen LogP contribution in [0.3, 0.4) is 0 Å². The highest BCUT2D eigenvalue weighted by molar-refractivity contribution is 5.85. The number of hydrogen-bond donors (Lipinski definition) is 1. The SMILES string of the molecule is Cc1ccc([C@@H](N)[C@H](C)OCc2ccccc2)cc1.Cl. The molecule has 0 unspecified atom stereocenters.